The predicted octanol–water partition coefficient (Wildman–Crippen LogP) is -1.78. The highest BCUT2D eigenvalue weighted by Gasteiger charge is 2.43. The number of H-pyrrole nitrogens is 1. The maximum Gasteiger partial charge on any atom is 0.245 e. The summed E-state index contributed by atoms with van der Waals surface area (Å²) in [5.74, 6) is -8.60. The standard InChI is InChI=1S/C47H59N11O8.C42H61N13O7/c1-28(59)53-37(24-29-10-3-2-4-11-29)42(62)55-36-15-8-21-50-41(61)35(14-7-22-51-47(48)49)54-44(64)39(26-31-27-52-34-13-6-5-12-33(31)34)56-43(63)38(25-30-17-19-32(60)20-18-30)57-45(65)40-16-9-23-58(40)46(36)66;1-26(56)50-32(24-27-12-4-2-5-13-27)37(59)53-31-18-10-20-47-35(57)29(16-8-21-48-41(43)44)51-38(60)33(25-28-14-6-3-7-15-28)54-36(58)30(17-9-22-49-42(45)46)52-39(61)34-19-11-23-55(34)40(31)62/h2-6,10-13,17-20,27,35-40,52,60H,7-9,14-16,21-26H2,1H3,(H,50,61)(H,53,59)(H,54,64)(H,55,62)(H,56,63)(H,57,65)(H4,48,49,51);2-7,12-15,29-34H,8-11,16-25H2,1H3,(H,47,57)(H,50,56)(H,51,60)(H,52,61)(H,53,59)(H,54,58)(H4,43,44,48)(H4,45,46,49)/t35-,36?,37-,38+,39-,40-;29-,30+,31?,32-,33-,34-/m00/s1. The van der Waals surface area contributed by atoms with Gasteiger partial charge in [-0.1, -0.05) is 121 Å². The number of aromatic amines is 1. The summed E-state index contributed by atoms with van der Waals surface area (Å²) in [6.07, 6.45) is 5.17. The first-order valence-corrected chi connectivity index (χ1v) is 43.2. The Bertz CT molecular complexity index is 4890. The highest BCUT2D eigenvalue weighted by Crippen LogP contribution is 2.26. The molecular formula is C89H120N24O15. The van der Waals surface area contributed by atoms with E-state index in [-0.39, 0.29) is 166 Å². The van der Waals surface area contributed by atoms with Crippen LogP contribution in [0.4, 0.5) is 0 Å². The van der Waals surface area contributed by atoms with Gasteiger partial charge < -0.3 is 118 Å². The number of amides is 14. The molecule has 5 heterocycles. The van der Waals surface area contributed by atoms with E-state index in [1.807, 2.05) is 78.9 Å². The van der Waals surface area contributed by atoms with Crippen molar-refractivity contribution in [1.82, 2.24) is 78.6 Å². The fraction of sp³-hybridized carbons (Fsp3) is 0.449. The number of hydrogen-bond acceptors (Lipinski definition) is 18. The van der Waals surface area contributed by atoms with Crippen molar-refractivity contribution in [2.45, 2.75) is 208 Å². The van der Waals surface area contributed by atoms with Crippen molar-refractivity contribution < 1.29 is 72.2 Å². The number of para-hydroxylation sites is 1. The molecule has 0 aliphatic carbocycles. The molecule has 4 aliphatic heterocycles. The molecular weight excluding hydrogens is 1650 g/mol. The largest absolute Gasteiger partial charge is 0.508 e. The van der Waals surface area contributed by atoms with Gasteiger partial charge in [0.2, 0.25) is 82.7 Å². The van der Waals surface area contributed by atoms with Crippen LogP contribution in [0.2, 0.25) is 0 Å². The molecule has 4 fully saturated rings. The Hall–Kier alpha value is -14.2. The Morgan fingerprint density at radius 3 is 1.18 bits per heavy atom. The van der Waals surface area contributed by atoms with E-state index >= 15 is 0 Å². The summed E-state index contributed by atoms with van der Waals surface area (Å²) in [5.41, 5.74) is 37.5. The first-order valence-electron chi connectivity index (χ1n) is 43.2. The van der Waals surface area contributed by atoms with E-state index in [1.54, 1.807) is 54.7 Å². The zero-order valence-corrected chi connectivity index (χ0v) is 72.0. The molecule has 10 rings (SSSR count). The SMILES string of the molecule is CC(=O)N[C@@H](Cc1ccccc1)C(=O)NC1CCCNC(=O)[C@H](CCCN=C(N)N)NC(=O)[C@H](Cc2c[nH]c3ccccc23)NC(=O)[C@@H](Cc2ccc(O)cc2)NC(=O)[C@@H]2CCCN2C1=O.CC(=O)N[C@@H](Cc1ccccc1)C(=O)NC1CCCNC(=O)[C@H](CCCN=C(N)N)NC(=O)[C@H](Cc2ccccc2)NC(=O)[C@@H](CCCN=C(N)N)NC(=O)[C@@H]2CCCN2C1=O. The number of aromatic hydroxyl groups is 1. The van der Waals surface area contributed by atoms with Crippen molar-refractivity contribution in [1.29, 1.82) is 0 Å². The average Bonchev–Trinajstić information content (AvgIpc) is 1.67. The summed E-state index contributed by atoms with van der Waals surface area (Å²) < 4.78 is 0. The van der Waals surface area contributed by atoms with Crippen LogP contribution < -0.4 is 98.2 Å². The van der Waals surface area contributed by atoms with Gasteiger partial charge in [0.15, 0.2) is 17.9 Å². The zero-order chi connectivity index (χ0) is 92.2. The summed E-state index contributed by atoms with van der Waals surface area (Å²) in [7, 11) is 0. The number of aromatic nitrogens is 1. The molecule has 686 valence electrons. The lowest BCUT2D eigenvalue weighted by Crippen LogP contribution is -2.60. The Balaban J connectivity index is 0.000000290. The predicted molar refractivity (Wildman–Crippen MR) is 479 cm³/mol. The Morgan fingerprint density at radius 2 is 0.766 bits per heavy atom. The van der Waals surface area contributed by atoms with E-state index in [0.29, 0.717) is 36.8 Å². The molecule has 39 nitrogen and oxygen atoms in total. The first kappa shape index (κ1) is 97.6. The summed E-state index contributed by atoms with van der Waals surface area (Å²) in [4.78, 5) is 213. The number of phenols is 1. The molecule has 5 aromatic carbocycles. The van der Waals surface area contributed by atoms with Crippen LogP contribution in [0.1, 0.15) is 132 Å². The van der Waals surface area contributed by atoms with Gasteiger partial charge in [0.25, 0.3) is 0 Å². The van der Waals surface area contributed by atoms with E-state index in [0.717, 1.165) is 27.6 Å². The number of nitrogens with two attached hydrogens (primary N) is 6. The molecule has 12 atom stereocenters. The Kier molecular flexibility index (Phi) is 37.8. The molecule has 39 heteroatoms. The summed E-state index contributed by atoms with van der Waals surface area (Å²) in [5, 5.41) is 44.5. The van der Waals surface area contributed by atoms with E-state index in [1.165, 1.54) is 35.8 Å². The lowest BCUT2D eigenvalue weighted by atomic mass is 10.0. The molecule has 0 spiro atoms. The van der Waals surface area contributed by atoms with Crippen molar-refractivity contribution in [2.75, 3.05) is 45.8 Å². The molecule has 1 aromatic heterocycles. The van der Waals surface area contributed by atoms with Crippen LogP contribution in [-0.2, 0) is 99.2 Å². The average molecular weight is 1770 g/mol. The normalized spacial score (nSPS) is 21.7. The quantitative estimate of drug-likeness (QED) is 0.0147. The van der Waals surface area contributed by atoms with Gasteiger partial charge in [-0.15, -0.1) is 0 Å². The number of hydrogen-bond donors (Lipinski definition) is 20. The van der Waals surface area contributed by atoms with Crippen molar-refractivity contribution in [3.8, 4) is 5.75 Å². The number of aliphatic imine (C=N–C) groups is 3. The third-order valence-electron chi connectivity index (χ3n) is 22.2. The number of carbonyl (C=O) groups is 14. The van der Waals surface area contributed by atoms with E-state index in [4.69, 9.17) is 34.4 Å². The van der Waals surface area contributed by atoms with Crippen molar-refractivity contribution >= 4 is 111 Å². The molecule has 4 aliphatic rings. The van der Waals surface area contributed by atoms with E-state index in [2.05, 4.69) is 83.8 Å². The number of phenolic OH excluding ortho intramolecular Hbond substituents is 1. The minimum Gasteiger partial charge on any atom is -0.508 e. The van der Waals surface area contributed by atoms with Crippen LogP contribution in [0.15, 0.2) is 161 Å². The van der Waals surface area contributed by atoms with Crippen LogP contribution in [0.25, 0.3) is 10.9 Å². The molecule has 14 amide bonds. The highest BCUT2D eigenvalue weighted by molar-refractivity contribution is 6.00. The van der Waals surface area contributed by atoms with E-state index < -0.39 is 155 Å². The van der Waals surface area contributed by atoms with Crippen LogP contribution in [0, 0.1) is 0 Å². The number of nitrogens with zero attached hydrogens (tertiary/aromatic N) is 5. The van der Waals surface area contributed by atoms with Gasteiger partial charge in [-0.2, -0.15) is 0 Å². The van der Waals surface area contributed by atoms with Gasteiger partial charge in [-0.3, -0.25) is 82.1 Å². The molecule has 128 heavy (non-hydrogen) atoms. The fourth-order valence-electron chi connectivity index (χ4n) is 15.8. The molecule has 0 saturated carbocycles. The smallest absolute Gasteiger partial charge is 0.245 e. The lowest BCUT2D eigenvalue weighted by molar-refractivity contribution is -0.142. The monoisotopic (exact) mass is 1760 g/mol. The van der Waals surface area contributed by atoms with Crippen LogP contribution in [0.3, 0.4) is 0 Å². The number of guanidine groups is 3. The number of fused-ring (bicyclic) bond motifs is 3. The first-order chi connectivity index (χ1) is 61.5. The van der Waals surface area contributed by atoms with Crippen LogP contribution >= 0.6 is 0 Å². The van der Waals surface area contributed by atoms with Gasteiger partial charge in [0.05, 0.1) is 0 Å². The molecule has 0 bridgehead atoms. The van der Waals surface area contributed by atoms with Crippen molar-refractivity contribution in [3.63, 3.8) is 0 Å². The number of carbonyl (C=O) groups excluding carboxylic acids is 14. The third-order valence-corrected chi connectivity index (χ3v) is 22.2. The summed E-state index contributed by atoms with van der Waals surface area (Å²) >= 11 is 0. The molecule has 26 N–H and O–H groups in total. The number of benzene rings is 5. The minimum atomic E-state index is -1.28. The van der Waals surface area contributed by atoms with E-state index in [9.17, 15) is 72.2 Å². The highest BCUT2D eigenvalue weighted by atomic mass is 16.3. The number of rotatable bonds is 28. The van der Waals surface area contributed by atoms with Gasteiger partial charge >= 0.3 is 0 Å². The zero-order valence-electron chi connectivity index (χ0n) is 72.0. The fourth-order valence-corrected chi connectivity index (χ4v) is 15.8. The van der Waals surface area contributed by atoms with Gasteiger partial charge in [-0.25, -0.2) is 0 Å². The second-order valence-corrected chi connectivity index (χ2v) is 32.1. The maximum atomic E-state index is 14.6. The molecule has 6 aromatic rings. The second-order valence-electron chi connectivity index (χ2n) is 32.1. The lowest BCUT2D eigenvalue weighted by Gasteiger charge is -2.31. The molecule has 4 saturated heterocycles. The third kappa shape index (κ3) is 30.9. The Labute approximate surface area is 741 Å². The Morgan fingerprint density at radius 1 is 0.414 bits per heavy atom. The van der Waals surface area contributed by atoms with Crippen LogP contribution in [-0.4, -0.2) is 239 Å². The van der Waals surface area contributed by atoms with Gasteiger partial charge in [0, 0.05) is 109 Å². The molecule has 2 unspecified atom stereocenters. The van der Waals surface area contributed by atoms with Gasteiger partial charge in [-0.05, 0) is 136 Å². The summed E-state index contributed by atoms with van der Waals surface area (Å²) in [6.45, 7) is 3.54. The van der Waals surface area contributed by atoms with Crippen molar-refractivity contribution in [3.05, 3.63) is 174 Å². The van der Waals surface area contributed by atoms with Crippen LogP contribution in [0.5, 0.6) is 5.75 Å². The maximum absolute atomic E-state index is 14.6. The molecule has 0 radical (unpaired) electrons. The number of nitrogens with one attached hydrogen (secondary N) is 13. The van der Waals surface area contributed by atoms with Gasteiger partial charge in [0.1, 0.15) is 78.3 Å². The van der Waals surface area contributed by atoms with Crippen molar-refractivity contribution in [2.24, 2.45) is 49.4 Å². The summed E-state index contributed by atoms with van der Waals surface area (Å²) in [6, 6.07) is 27.2. The topological polar surface area (TPSA) is 619 Å². The minimum absolute atomic E-state index is 0.00508. The second kappa shape index (κ2) is 49.5.